The van der Waals surface area contributed by atoms with Crippen LogP contribution in [-0.2, 0) is 0 Å². The maximum Gasteiger partial charge on any atom is 0.213 e. The monoisotopic (exact) mass is 264 g/mol. The minimum atomic E-state index is -0.189. The molecule has 0 amide bonds. The molecule has 2 heterocycles. The van der Waals surface area contributed by atoms with Crippen molar-refractivity contribution in [3.05, 3.63) is 65.6 Å². The molecule has 3 aromatic rings. The van der Waals surface area contributed by atoms with Crippen LogP contribution in [0, 0.1) is 0 Å². The van der Waals surface area contributed by atoms with Gasteiger partial charge in [-0.1, -0.05) is 24.3 Å². The first kappa shape index (κ1) is 12.3. The maximum absolute atomic E-state index is 12.5. The summed E-state index contributed by atoms with van der Waals surface area (Å²) in [5.41, 5.74) is 2.05. The van der Waals surface area contributed by atoms with Crippen LogP contribution < -0.4 is 0 Å². The highest BCUT2D eigenvalue weighted by atomic mass is 16.1. The standard InChI is InChI=1S/C16H12N2O2/c1-10(19)13-7-4-8-15(18-13)16(20)12-9-17-14-6-3-2-5-11(12)14/h2-9,17H,1H3. The minimum Gasteiger partial charge on any atom is -0.360 e. The molecule has 0 spiro atoms. The van der Waals surface area contributed by atoms with Crippen molar-refractivity contribution in [3.8, 4) is 0 Å². The number of aromatic nitrogens is 2. The Balaban J connectivity index is 2.08. The summed E-state index contributed by atoms with van der Waals surface area (Å²) in [6.07, 6.45) is 1.68. The van der Waals surface area contributed by atoms with Crippen molar-refractivity contribution < 1.29 is 9.59 Å². The second kappa shape index (κ2) is 4.74. The summed E-state index contributed by atoms with van der Waals surface area (Å²) >= 11 is 0. The molecule has 98 valence electrons. The van der Waals surface area contributed by atoms with Gasteiger partial charge < -0.3 is 4.98 Å². The largest absolute Gasteiger partial charge is 0.360 e. The lowest BCUT2D eigenvalue weighted by Crippen LogP contribution is -2.07. The average Bonchev–Trinajstić information content (AvgIpc) is 2.90. The Morgan fingerprint density at radius 2 is 1.75 bits per heavy atom. The van der Waals surface area contributed by atoms with Crippen LogP contribution in [-0.4, -0.2) is 21.5 Å². The number of carbonyl (C=O) groups excluding carboxylic acids is 2. The molecule has 0 aliphatic carbocycles. The number of hydrogen-bond donors (Lipinski definition) is 1. The molecular formula is C16H12N2O2. The van der Waals surface area contributed by atoms with Gasteiger partial charge in [0.1, 0.15) is 11.4 Å². The topological polar surface area (TPSA) is 62.8 Å². The number of nitrogens with one attached hydrogen (secondary N) is 1. The molecule has 1 aromatic carbocycles. The number of pyridine rings is 1. The van der Waals surface area contributed by atoms with Crippen molar-refractivity contribution >= 4 is 22.5 Å². The maximum atomic E-state index is 12.5. The fourth-order valence-electron chi connectivity index (χ4n) is 2.15. The van der Waals surface area contributed by atoms with Crippen molar-refractivity contribution in [2.24, 2.45) is 0 Å². The summed E-state index contributed by atoms with van der Waals surface area (Å²) in [5.74, 6) is -0.343. The lowest BCUT2D eigenvalue weighted by molar-refractivity contribution is 0.101. The summed E-state index contributed by atoms with van der Waals surface area (Å²) in [5, 5.41) is 0.854. The zero-order valence-electron chi connectivity index (χ0n) is 10.9. The second-order valence-electron chi connectivity index (χ2n) is 4.54. The number of aromatic amines is 1. The number of hydrogen-bond acceptors (Lipinski definition) is 3. The zero-order chi connectivity index (χ0) is 14.1. The predicted octanol–water partition coefficient (Wildman–Crippen LogP) is 3.00. The van der Waals surface area contributed by atoms with Crippen LogP contribution in [0.2, 0.25) is 0 Å². The number of fused-ring (bicyclic) bond motifs is 1. The molecule has 0 saturated carbocycles. The van der Waals surface area contributed by atoms with Crippen LogP contribution in [0.5, 0.6) is 0 Å². The SMILES string of the molecule is CC(=O)c1cccc(C(=O)c2c[nH]c3ccccc23)n1. The van der Waals surface area contributed by atoms with Gasteiger partial charge in [0.05, 0.1) is 0 Å². The molecule has 0 fully saturated rings. The Kier molecular flexibility index (Phi) is 2.91. The van der Waals surface area contributed by atoms with E-state index in [0.29, 0.717) is 11.3 Å². The molecule has 0 saturated heterocycles. The third kappa shape index (κ3) is 2.01. The predicted molar refractivity (Wildman–Crippen MR) is 76.0 cm³/mol. The number of ketones is 2. The molecule has 0 radical (unpaired) electrons. The molecule has 20 heavy (non-hydrogen) atoms. The van der Waals surface area contributed by atoms with Gasteiger partial charge in [-0.2, -0.15) is 0 Å². The number of nitrogens with zero attached hydrogens (tertiary/aromatic N) is 1. The number of rotatable bonds is 3. The number of benzene rings is 1. The van der Waals surface area contributed by atoms with E-state index in [-0.39, 0.29) is 17.3 Å². The molecule has 0 aliphatic heterocycles. The number of carbonyl (C=O) groups is 2. The van der Waals surface area contributed by atoms with E-state index in [1.165, 1.54) is 6.92 Å². The first-order valence-electron chi connectivity index (χ1n) is 6.25. The molecule has 4 nitrogen and oxygen atoms in total. The molecule has 0 bridgehead atoms. The highest BCUT2D eigenvalue weighted by Gasteiger charge is 2.16. The lowest BCUT2D eigenvalue weighted by atomic mass is 10.1. The summed E-state index contributed by atoms with van der Waals surface area (Å²) in [7, 11) is 0. The molecule has 2 aromatic heterocycles. The van der Waals surface area contributed by atoms with E-state index in [2.05, 4.69) is 9.97 Å². The van der Waals surface area contributed by atoms with Crippen LogP contribution in [0.25, 0.3) is 10.9 Å². The molecule has 0 atom stereocenters. The third-order valence-electron chi connectivity index (χ3n) is 3.18. The summed E-state index contributed by atoms with van der Waals surface area (Å²) in [6, 6.07) is 12.5. The van der Waals surface area contributed by atoms with Crippen molar-refractivity contribution in [3.63, 3.8) is 0 Å². The van der Waals surface area contributed by atoms with Gasteiger partial charge in [-0.15, -0.1) is 0 Å². The van der Waals surface area contributed by atoms with E-state index in [0.717, 1.165) is 10.9 Å². The average molecular weight is 264 g/mol. The summed E-state index contributed by atoms with van der Waals surface area (Å²) < 4.78 is 0. The first-order valence-corrected chi connectivity index (χ1v) is 6.25. The highest BCUT2D eigenvalue weighted by Crippen LogP contribution is 2.20. The van der Waals surface area contributed by atoms with E-state index < -0.39 is 0 Å². The Hall–Kier alpha value is -2.75. The third-order valence-corrected chi connectivity index (χ3v) is 3.18. The minimum absolute atomic E-state index is 0.154. The van der Waals surface area contributed by atoms with Crippen LogP contribution in [0.3, 0.4) is 0 Å². The number of para-hydroxylation sites is 1. The quantitative estimate of drug-likeness (QED) is 0.740. The fraction of sp³-hybridized carbons (Fsp3) is 0.0625. The molecule has 0 aliphatic rings. The van der Waals surface area contributed by atoms with Crippen LogP contribution in [0.1, 0.15) is 33.5 Å². The lowest BCUT2D eigenvalue weighted by Gasteiger charge is -2.01. The van der Waals surface area contributed by atoms with Crippen molar-refractivity contribution in [2.45, 2.75) is 6.92 Å². The second-order valence-corrected chi connectivity index (χ2v) is 4.54. The van der Waals surface area contributed by atoms with Gasteiger partial charge in [-0.25, -0.2) is 4.98 Å². The Labute approximate surface area is 115 Å². The van der Waals surface area contributed by atoms with E-state index >= 15 is 0 Å². The Bertz CT molecular complexity index is 818. The van der Waals surface area contributed by atoms with Crippen molar-refractivity contribution in [1.29, 1.82) is 0 Å². The van der Waals surface area contributed by atoms with E-state index in [1.807, 2.05) is 24.3 Å². The highest BCUT2D eigenvalue weighted by molar-refractivity contribution is 6.15. The van der Waals surface area contributed by atoms with Gasteiger partial charge >= 0.3 is 0 Å². The summed E-state index contributed by atoms with van der Waals surface area (Å²) in [4.78, 5) is 31.0. The number of H-pyrrole nitrogens is 1. The van der Waals surface area contributed by atoms with Crippen molar-refractivity contribution in [2.75, 3.05) is 0 Å². The Morgan fingerprint density at radius 1 is 1.00 bits per heavy atom. The molecule has 0 unspecified atom stereocenters. The van der Waals surface area contributed by atoms with Gasteiger partial charge in [0.2, 0.25) is 5.78 Å². The first-order chi connectivity index (χ1) is 9.66. The van der Waals surface area contributed by atoms with Gasteiger partial charge in [0.25, 0.3) is 0 Å². The van der Waals surface area contributed by atoms with Crippen LogP contribution in [0.15, 0.2) is 48.7 Å². The van der Waals surface area contributed by atoms with E-state index in [9.17, 15) is 9.59 Å². The number of Topliss-reactive ketones (excluding diaryl/α,β-unsaturated/α-hetero) is 1. The Morgan fingerprint density at radius 3 is 2.55 bits per heavy atom. The molecule has 3 rings (SSSR count). The van der Waals surface area contributed by atoms with E-state index in [1.54, 1.807) is 24.4 Å². The van der Waals surface area contributed by atoms with Gasteiger partial charge in [-0.05, 0) is 18.2 Å². The van der Waals surface area contributed by atoms with Gasteiger partial charge in [0, 0.05) is 29.6 Å². The fourth-order valence-corrected chi connectivity index (χ4v) is 2.15. The molecular weight excluding hydrogens is 252 g/mol. The van der Waals surface area contributed by atoms with E-state index in [4.69, 9.17) is 0 Å². The molecule has 4 heteroatoms. The normalized spacial score (nSPS) is 10.7. The molecule has 1 N–H and O–H groups in total. The van der Waals surface area contributed by atoms with Crippen LogP contribution >= 0.6 is 0 Å². The van der Waals surface area contributed by atoms with Gasteiger partial charge in [-0.3, -0.25) is 9.59 Å². The summed E-state index contributed by atoms with van der Waals surface area (Å²) in [6.45, 7) is 1.43. The van der Waals surface area contributed by atoms with Crippen molar-refractivity contribution in [1.82, 2.24) is 9.97 Å². The van der Waals surface area contributed by atoms with Crippen LogP contribution in [0.4, 0.5) is 0 Å². The van der Waals surface area contributed by atoms with Gasteiger partial charge in [0.15, 0.2) is 5.78 Å². The smallest absolute Gasteiger partial charge is 0.213 e. The zero-order valence-corrected chi connectivity index (χ0v) is 10.9.